The molecule has 2 aromatic rings. The Bertz CT molecular complexity index is 537. The third kappa shape index (κ3) is 2.93. The number of benzene rings is 2. The van der Waals surface area contributed by atoms with Crippen LogP contribution in [0.3, 0.4) is 0 Å². The Morgan fingerprint density at radius 2 is 1.74 bits per heavy atom. The molecule has 100 valence electrons. The third-order valence-corrected chi connectivity index (χ3v) is 3.52. The Morgan fingerprint density at radius 1 is 1.11 bits per heavy atom. The van der Waals surface area contributed by atoms with E-state index in [9.17, 15) is 4.39 Å². The summed E-state index contributed by atoms with van der Waals surface area (Å²) >= 11 is 0. The molecule has 0 aliphatic carbocycles. The summed E-state index contributed by atoms with van der Waals surface area (Å²) in [7, 11) is 1.97. The van der Waals surface area contributed by atoms with Gasteiger partial charge in [-0.15, -0.1) is 0 Å². The predicted octanol–water partition coefficient (Wildman–Crippen LogP) is 3.48. The van der Waals surface area contributed by atoms with Gasteiger partial charge in [0.05, 0.1) is 6.04 Å². The second-order valence-corrected chi connectivity index (χ2v) is 4.68. The highest BCUT2D eigenvalue weighted by atomic mass is 19.1. The summed E-state index contributed by atoms with van der Waals surface area (Å²) in [6.45, 7) is 2.53. The zero-order valence-electron chi connectivity index (χ0n) is 11.3. The molecule has 0 bridgehead atoms. The van der Waals surface area contributed by atoms with Crippen LogP contribution >= 0.6 is 0 Å². The topological polar surface area (TPSA) is 29.3 Å². The van der Waals surface area contributed by atoms with Crippen molar-refractivity contribution in [3.8, 4) is 0 Å². The molecule has 0 spiro atoms. The summed E-state index contributed by atoms with van der Waals surface area (Å²) in [5.74, 6) is -0.166. The maximum absolute atomic E-state index is 13.8. The maximum Gasteiger partial charge on any atom is 0.128 e. The Morgan fingerprint density at radius 3 is 2.32 bits per heavy atom. The van der Waals surface area contributed by atoms with Crippen molar-refractivity contribution in [2.75, 3.05) is 11.9 Å². The summed E-state index contributed by atoms with van der Waals surface area (Å²) in [4.78, 5) is 2.05. The molecular formula is C16H19FN2. The SMILES string of the molecule is CC(c1ccccc1F)N(C)c1ccc(CN)cc1. The van der Waals surface area contributed by atoms with E-state index < -0.39 is 0 Å². The lowest BCUT2D eigenvalue weighted by molar-refractivity contribution is 0.585. The minimum atomic E-state index is -0.166. The molecule has 0 saturated carbocycles. The fourth-order valence-corrected chi connectivity index (χ4v) is 2.11. The fourth-order valence-electron chi connectivity index (χ4n) is 2.11. The monoisotopic (exact) mass is 258 g/mol. The molecule has 19 heavy (non-hydrogen) atoms. The number of rotatable bonds is 4. The van der Waals surface area contributed by atoms with Gasteiger partial charge in [0.1, 0.15) is 5.82 Å². The molecular weight excluding hydrogens is 239 g/mol. The van der Waals surface area contributed by atoms with E-state index in [-0.39, 0.29) is 11.9 Å². The zero-order valence-corrected chi connectivity index (χ0v) is 11.3. The standard InChI is InChI=1S/C16H19FN2/c1-12(15-5-3-4-6-16(15)17)19(2)14-9-7-13(11-18)8-10-14/h3-10,12H,11,18H2,1-2H3. The van der Waals surface area contributed by atoms with Gasteiger partial charge in [-0.3, -0.25) is 0 Å². The molecule has 1 unspecified atom stereocenters. The summed E-state index contributed by atoms with van der Waals surface area (Å²) in [6, 6.07) is 14.9. The van der Waals surface area contributed by atoms with Gasteiger partial charge < -0.3 is 10.6 Å². The Balaban J connectivity index is 2.23. The Hall–Kier alpha value is -1.87. The van der Waals surface area contributed by atoms with Gasteiger partial charge in [-0.05, 0) is 30.7 Å². The first kappa shape index (κ1) is 13.6. The lowest BCUT2D eigenvalue weighted by Gasteiger charge is -2.27. The lowest BCUT2D eigenvalue weighted by Crippen LogP contribution is -2.22. The van der Waals surface area contributed by atoms with Crippen LogP contribution in [-0.2, 0) is 6.54 Å². The van der Waals surface area contributed by atoms with E-state index in [1.165, 1.54) is 6.07 Å². The number of hydrogen-bond donors (Lipinski definition) is 1. The van der Waals surface area contributed by atoms with Crippen LogP contribution in [0, 0.1) is 5.82 Å². The molecule has 0 heterocycles. The highest BCUT2D eigenvalue weighted by Crippen LogP contribution is 2.26. The van der Waals surface area contributed by atoms with E-state index in [0.717, 1.165) is 11.3 Å². The summed E-state index contributed by atoms with van der Waals surface area (Å²) in [6.07, 6.45) is 0. The minimum absolute atomic E-state index is 0.0232. The quantitative estimate of drug-likeness (QED) is 0.909. The number of nitrogens with two attached hydrogens (primary N) is 1. The van der Waals surface area contributed by atoms with Crippen LogP contribution in [0.4, 0.5) is 10.1 Å². The van der Waals surface area contributed by atoms with Crippen LogP contribution in [0.2, 0.25) is 0 Å². The molecule has 0 amide bonds. The van der Waals surface area contributed by atoms with E-state index in [4.69, 9.17) is 5.73 Å². The van der Waals surface area contributed by atoms with Gasteiger partial charge in [0.25, 0.3) is 0 Å². The van der Waals surface area contributed by atoms with Crippen LogP contribution in [0.1, 0.15) is 24.1 Å². The highest BCUT2D eigenvalue weighted by molar-refractivity contribution is 5.49. The average molecular weight is 258 g/mol. The molecule has 0 fully saturated rings. The maximum atomic E-state index is 13.8. The summed E-state index contributed by atoms with van der Waals surface area (Å²) in [5.41, 5.74) is 8.43. The molecule has 2 aromatic carbocycles. The van der Waals surface area contributed by atoms with E-state index in [1.54, 1.807) is 6.07 Å². The van der Waals surface area contributed by atoms with E-state index in [2.05, 4.69) is 4.90 Å². The molecule has 0 aromatic heterocycles. The number of halogens is 1. The second kappa shape index (κ2) is 5.85. The first-order valence-corrected chi connectivity index (χ1v) is 6.39. The van der Waals surface area contributed by atoms with Gasteiger partial charge in [0, 0.05) is 24.8 Å². The molecule has 2 nitrogen and oxygen atoms in total. The van der Waals surface area contributed by atoms with Gasteiger partial charge in [-0.25, -0.2) is 4.39 Å². The van der Waals surface area contributed by atoms with Gasteiger partial charge in [-0.1, -0.05) is 30.3 Å². The van der Waals surface area contributed by atoms with Crippen molar-refractivity contribution in [2.24, 2.45) is 5.73 Å². The van der Waals surface area contributed by atoms with Crippen molar-refractivity contribution in [2.45, 2.75) is 19.5 Å². The summed E-state index contributed by atoms with van der Waals surface area (Å²) < 4.78 is 13.8. The van der Waals surface area contributed by atoms with Crippen molar-refractivity contribution in [1.82, 2.24) is 0 Å². The second-order valence-electron chi connectivity index (χ2n) is 4.68. The summed E-state index contributed by atoms with van der Waals surface area (Å²) in [5, 5.41) is 0. The molecule has 0 radical (unpaired) electrons. The average Bonchev–Trinajstić information content (AvgIpc) is 2.46. The van der Waals surface area contributed by atoms with Crippen molar-refractivity contribution >= 4 is 5.69 Å². The van der Waals surface area contributed by atoms with Crippen LogP contribution in [-0.4, -0.2) is 7.05 Å². The van der Waals surface area contributed by atoms with Gasteiger partial charge in [-0.2, -0.15) is 0 Å². The minimum Gasteiger partial charge on any atom is -0.368 e. The van der Waals surface area contributed by atoms with E-state index in [1.807, 2.05) is 50.4 Å². The fraction of sp³-hybridized carbons (Fsp3) is 0.250. The van der Waals surface area contributed by atoms with Gasteiger partial charge in [0.15, 0.2) is 0 Å². The number of hydrogen-bond acceptors (Lipinski definition) is 2. The van der Waals surface area contributed by atoms with Crippen molar-refractivity contribution in [3.63, 3.8) is 0 Å². The molecule has 0 saturated heterocycles. The lowest BCUT2D eigenvalue weighted by atomic mass is 10.1. The van der Waals surface area contributed by atoms with Crippen LogP contribution in [0.15, 0.2) is 48.5 Å². The van der Waals surface area contributed by atoms with Crippen molar-refractivity contribution < 1.29 is 4.39 Å². The van der Waals surface area contributed by atoms with Crippen LogP contribution in [0.5, 0.6) is 0 Å². The molecule has 3 heteroatoms. The van der Waals surface area contributed by atoms with E-state index >= 15 is 0 Å². The normalized spacial score (nSPS) is 12.2. The largest absolute Gasteiger partial charge is 0.368 e. The molecule has 2 N–H and O–H groups in total. The molecule has 2 rings (SSSR count). The first-order valence-electron chi connectivity index (χ1n) is 6.39. The van der Waals surface area contributed by atoms with Crippen molar-refractivity contribution in [3.05, 3.63) is 65.5 Å². The Kier molecular flexibility index (Phi) is 4.17. The van der Waals surface area contributed by atoms with Gasteiger partial charge in [0.2, 0.25) is 0 Å². The van der Waals surface area contributed by atoms with Crippen LogP contribution < -0.4 is 10.6 Å². The third-order valence-electron chi connectivity index (χ3n) is 3.52. The molecule has 1 atom stereocenters. The Labute approximate surface area is 113 Å². The molecule has 0 aliphatic rings. The highest BCUT2D eigenvalue weighted by Gasteiger charge is 2.15. The molecule has 0 aliphatic heterocycles. The van der Waals surface area contributed by atoms with Gasteiger partial charge >= 0.3 is 0 Å². The smallest absolute Gasteiger partial charge is 0.128 e. The number of nitrogens with zero attached hydrogens (tertiary/aromatic N) is 1. The first-order chi connectivity index (χ1) is 9.13. The van der Waals surface area contributed by atoms with Crippen LogP contribution in [0.25, 0.3) is 0 Å². The zero-order chi connectivity index (χ0) is 13.8. The van der Waals surface area contributed by atoms with E-state index in [0.29, 0.717) is 12.1 Å². The predicted molar refractivity (Wildman–Crippen MR) is 77.6 cm³/mol. The number of anilines is 1. The van der Waals surface area contributed by atoms with Crippen molar-refractivity contribution in [1.29, 1.82) is 0 Å².